The van der Waals surface area contributed by atoms with E-state index in [4.69, 9.17) is 11.6 Å². The maximum Gasteiger partial charge on any atom is 0.243 e. The second kappa shape index (κ2) is 9.39. The number of rotatable bonds is 6. The van der Waals surface area contributed by atoms with Crippen molar-refractivity contribution in [2.45, 2.75) is 17.7 Å². The first kappa shape index (κ1) is 21.3. The van der Waals surface area contributed by atoms with Crippen LogP contribution in [0.5, 0.6) is 0 Å². The van der Waals surface area contributed by atoms with Gasteiger partial charge in [-0.15, -0.1) is 0 Å². The molecule has 29 heavy (non-hydrogen) atoms. The highest BCUT2D eigenvalue weighted by Crippen LogP contribution is 2.23. The molecule has 0 unspecified atom stereocenters. The molecular formula is C20H22ClN3O4S. The highest BCUT2D eigenvalue weighted by atomic mass is 35.5. The predicted octanol–water partition coefficient (Wildman–Crippen LogP) is 2.50. The molecule has 7 nitrogen and oxygen atoms in total. The molecule has 1 fully saturated rings. The quantitative estimate of drug-likeness (QED) is 0.728. The predicted molar refractivity (Wildman–Crippen MR) is 111 cm³/mol. The van der Waals surface area contributed by atoms with Crippen LogP contribution in [0.3, 0.4) is 0 Å². The molecule has 2 amide bonds. The van der Waals surface area contributed by atoms with Crippen molar-refractivity contribution in [1.82, 2.24) is 9.62 Å². The zero-order valence-electron chi connectivity index (χ0n) is 15.7. The molecule has 1 aliphatic heterocycles. The molecule has 1 aliphatic rings. The van der Waals surface area contributed by atoms with Gasteiger partial charge in [0.1, 0.15) is 0 Å². The van der Waals surface area contributed by atoms with Crippen molar-refractivity contribution in [1.29, 1.82) is 0 Å². The van der Waals surface area contributed by atoms with Crippen LogP contribution in [0.25, 0.3) is 0 Å². The van der Waals surface area contributed by atoms with Crippen LogP contribution in [-0.4, -0.2) is 44.2 Å². The van der Waals surface area contributed by atoms with Gasteiger partial charge in [-0.3, -0.25) is 9.59 Å². The molecule has 1 heterocycles. The van der Waals surface area contributed by atoms with Crippen LogP contribution in [0.1, 0.15) is 12.8 Å². The molecule has 0 aromatic heterocycles. The number of carbonyl (C=O) groups excluding carboxylic acids is 2. The molecule has 1 atom stereocenters. The molecule has 2 aromatic rings. The zero-order valence-corrected chi connectivity index (χ0v) is 17.2. The molecule has 0 spiro atoms. The van der Waals surface area contributed by atoms with Gasteiger partial charge in [0.25, 0.3) is 0 Å². The summed E-state index contributed by atoms with van der Waals surface area (Å²) < 4.78 is 26.9. The number of hydrogen-bond acceptors (Lipinski definition) is 4. The first-order valence-electron chi connectivity index (χ1n) is 9.24. The van der Waals surface area contributed by atoms with Gasteiger partial charge >= 0.3 is 0 Å². The van der Waals surface area contributed by atoms with E-state index in [1.165, 1.54) is 4.31 Å². The summed E-state index contributed by atoms with van der Waals surface area (Å²) in [6.07, 6.45) is 1.15. The number of halogens is 1. The maximum absolute atomic E-state index is 12.8. The van der Waals surface area contributed by atoms with Crippen LogP contribution in [-0.2, 0) is 19.6 Å². The molecule has 0 radical (unpaired) electrons. The molecule has 0 saturated carbocycles. The third-order valence-electron chi connectivity index (χ3n) is 4.67. The summed E-state index contributed by atoms with van der Waals surface area (Å²) in [5, 5.41) is 5.74. The number of amides is 2. The lowest BCUT2D eigenvalue weighted by Crippen LogP contribution is -2.46. The number of benzene rings is 2. The monoisotopic (exact) mass is 435 g/mol. The van der Waals surface area contributed by atoms with Gasteiger partial charge in [-0.25, -0.2) is 8.42 Å². The minimum Gasteiger partial charge on any atom is -0.347 e. The van der Waals surface area contributed by atoms with Crippen LogP contribution in [0, 0.1) is 5.92 Å². The Balaban J connectivity index is 1.55. The van der Waals surface area contributed by atoms with E-state index in [0.717, 1.165) is 0 Å². The maximum atomic E-state index is 12.8. The molecular weight excluding hydrogens is 414 g/mol. The molecule has 2 N–H and O–H groups in total. The second-order valence-corrected chi connectivity index (χ2v) is 9.17. The van der Waals surface area contributed by atoms with Crippen LogP contribution >= 0.6 is 11.6 Å². The highest BCUT2D eigenvalue weighted by Gasteiger charge is 2.33. The number of carbonyl (C=O) groups is 2. The normalized spacial score (nSPS) is 17.5. The Bertz CT molecular complexity index is 982. The van der Waals surface area contributed by atoms with Crippen LogP contribution in [0.15, 0.2) is 59.5 Å². The molecule has 9 heteroatoms. The molecule has 0 aliphatic carbocycles. The SMILES string of the molecule is O=C(CNC(=O)[C@H]1CCCN(S(=O)(=O)c2ccccc2)C1)Nc1cccc(Cl)c1. The Kier molecular flexibility index (Phi) is 6.89. The number of piperidine rings is 1. The van der Waals surface area contributed by atoms with E-state index >= 15 is 0 Å². The average molecular weight is 436 g/mol. The van der Waals surface area contributed by atoms with Crippen molar-refractivity contribution in [3.8, 4) is 0 Å². The van der Waals surface area contributed by atoms with E-state index in [-0.39, 0.29) is 29.8 Å². The lowest BCUT2D eigenvalue weighted by molar-refractivity contribution is -0.128. The Morgan fingerprint density at radius 2 is 1.86 bits per heavy atom. The third kappa shape index (κ3) is 5.56. The molecule has 2 aromatic carbocycles. The number of sulfonamides is 1. The first-order valence-corrected chi connectivity index (χ1v) is 11.1. The Morgan fingerprint density at radius 3 is 2.59 bits per heavy atom. The van der Waals surface area contributed by atoms with Crippen molar-refractivity contribution in [2.24, 2.45) is 5.92 Å². The van der Waals surface area contributed by atoms with Gasteiger partial charge in [0, 0.05) is 23.8 Å². The topological polar surface area (TPSA) is 95.6 Å². The van der Waals surface area contributed by atoms with E-state index in [0.29, 0.717) is 30.1 Å². The van der Waals surface area contributed by atoms with Gasteiger partial charge in [-0.1, -0.05) is 35.9 Å². The third-order valence-corrected chi connectivity index (χ3v) is 6.78. The fraction of sp³-hybridized carbons (Fsp3) is 0.300. The summed E-state index contributed by atoms with van der Waals surface area (Å²) in [6.45, 7) is 0.266. The lowest BCUT2D eigenvalue weighted by atomic mass is 9.99. The van der Waals surface area contributed by atoms with E-state index in [1.807, 2.05) is 0 Å². The fourth-order valence-corrected chi connectivity index (χ4v) is 4.93. The molecule has 0 bridgehead atoms. The first-order chi connectivity index (χ1) is 13.9. The van der Waals surface area contributed by atoms with E-state index < -0.39 is 15.9 Å². The van der Waals surface area contributed by atoms with E-state index in [1.54, 1.807) is 54.6 Å². The summed E-state index contributed by atoms with van der Waals surface area (Å²) in [5.41, 5.74) is 0.537. The summed E-state index contributed by atoms with van der Waals surface area (Å²) in [5.74, 6) is -1.22. The summed E-state index contributed by atoms with van der Waals surface area (Å²) >= 11 is 5.88. The van der Waals surface area contributed by atoms with Gasteiger partial charge in [-0.2, -0.15) is 4.31 Å². The highest BCUT2D eigenvalue weighted by molar-refractivity contribution is 7.89. The van der Waals surface area contributed by atoms with Crippen molar-refractivity contribution >= 4 is 39.1 Å². The van der Waals surface area contributed by atoms with Gasteiger partial charge in [0.2, 0.25) is 21.8 Å². The molecule has 154 valence electrons. The van der Waals surface area contributed by atoms with Crippen LogP contribution < -0.4 is 10.6 Å². The summed E-state index contributed by atoms with van der Waals surface area (Å²) in [4.78, 5) is 24.7. The largest absolute Gasteiger partial charge is 0.347 e. The minimum atomic E-state index is -3.64. The molecule has 1 saturated heterocycles. The number of hydrogen-bond donors (Lipinski definition) is 2. The van der Waals surface area contributed by atoms with Crippen molar-refractivity contribution in [2.75, 3.05) is 25.0 Å². The molecule has 3 rings (SSSR count). The van der Waals surface area contributed by atoms with Crippen molar-refractivity contribution in [3.05, 3.63) is 59.6 Å². The van der Waals surface area contributed by atoms with Crippen LogP contribution in [0.4, 0.5) is 5.69 Å². The van der Waals surface area contributed by atoms with E-state index in [9.17, 15) is 18.0 Å². The standard InChI is InChI=1S/C20H22ClN3O4S/c21-16-7-4-8-17(12-16)23-19(25)13-22-20(26)15-6-5-11-24(14-15)29(27,28)18-9-2-1-3-10-18/h1-4,7-10,12,15H,5-6,11,13-14H2,(H,22,26)(H,23,25)/t15-/m0/s1. The zero-order chi connectivity index (χ0) is 20.9. The second-order valence-electron chi connectivity index (χ2n) is 6.79. The van der Waals surface area contributed by atoms with Gasteiger partial charge in [0.05, 0.1) is 17.4 Å². The number of anilines is 1. The van der Waals surface area contributed by atoms with Crippen LogP contribution in [0.2, 0.25) is 5.02 Å². The van der Waals surface area contributed by atoms with Crippen molar-refractivity contribution in [3.63, 3.8) is 0 Å². The Hall–Kier alpha value is -2.42. The minimum absolute atomic E-state index is 0.0962. The summed E-state index contributed by atoms with van der Waals surface area (Å²) in [6, 6.07) is 14.9. The van der Waals surface area contributed by atoms with Gasteiger partial charge < -0.3 is 10.6 Å². The number of nitrogens with one attached hydrogen (secondary N) is 2. The average Bonchev–Trinajstić information content (AvgIpc) is 2.73. The summed E-state index contributed by atoms with van der Waals surface area (Å²) in [7, 11) is -3.64. The fourth-order valence-electron chi connectivity index (χ4n) is 3.20. The van der Waals surface area contributed by atoms with Gasteiger partial charge in [0.15, 0.2) is 0 Å². The van der Waals surface area contributed by atoms with E-state index in [2.05, 4.69) is 10.6 Å². The van der Waals surface area contributed by atoms with Crippen molar-refractivity contribution < 1.29 is 18.0 Å². The number of nitrogens with zero attached hydrogens (tertiary/aromatic N) is 1. The lowest BCUT2D eigenvalue weighted by Gasteiger charge is -2.31. The smallest absolute Gasteiger partial charge is 0.243 e. The Labute approximate surface area is 175 Å². The Morgan fingerprint density at radius 1 is 1.10 bits per heavy atom. The van der Waals surface area contributed by atoms with Gasteiger partial charge in [-0.05, 0) is 43.2 Å².